The van der Waals surface area contributed by atoms with Gasteiger partial charge in [0.15, 0.2) is 0 Å². The van der Waals surface area contributed by atoms with E-state index in [-0.39, 0.29) is 22.7 Å². The molecule has 6 fully saturated rings. The van der Waals surface area contributed by atoms with Crippen LogP contribution in [0.2, 0.25) is 0 Å². The number of allylic oxidation sites excluding steroid dienone is 4. The molecule has 2 N–H and O–H groups in total. The number of fused-ring (bicyclic) bond motifs is 10. The van der Waals surface area contributed by atoms with Gasteiger partial charge in [-0.25, -0.2) is 0 Å². The summed E-state index contributed by atoms with van der Waals surface area (Å²) in [5, 5.41) is 21.1. The number of aliphatic hydroxyl groups is 2. The average molecular weight is 661 g/mol. The third-order valence-electron chi connectivity index (χ3n) is 17.6. The van der Waals surface area contributed by atoms with Crippen molar-refractivity contribution < 1.29 is 19.8 Å². The summed E-state index contributed by atoms with van der Waals surface area (Å²) >= 11 is 0. The van der Waals surface area contributed by atoms with Gasteiger partial charge in [-0.05, 0) is 188 Å². The van der Waals surface area contributed by atoms with Gasteiger partial charge in [0.1, 0.15) is 11.6 Å². The minimum Gasteiger partial charge on any atom is -0.390 e. The highest BCUT2D eigenvalue weighted by atomic mass is 16.3. The van der Waals surface area contributed by atoms with E-state index < -0.39 is 11.2 Å². The molecule has 268 valence electrons. The average Bonchev–Trinajstić information content (AvgIpc) is 3.55. The summed E-state index contributed by atoms with van der Waals surface area (Å²) in [6.45, 7) is 17.4. The standard InChI is InChI=1S/2C22H34O2/c2*1-14(23)17-7-8-18-16-6-5-15-13-20(2,24)11-12-21(15,3)19(16)9-10-22(17,18)4/h2*9,15-18,24H,5-8,10-13H2,1-4H3/t15-,16+,17-,18+,20-,21+,22-;15-,16-,17+,18-,20+,21-,22+/m10/s1. The Hall–Kier alpha value is -1.26. The van der Waals surface area contributed by atoms with Crippen molar-refractivity contribution in [3.63, 3.8) is 0 Å². The molecular formula is C44H68O4. The van der Waals surface area contributed by atoms with E-state index in [1.54, 1.807) is 25.0 Å². The Morgan fingerprint density at radius 3 is 1.29 bits per heavy atom. The molecule has 0 spiro atoms. The van der Waals surface area contributed by atoms with Crippen LogP contribution >= 0.6 is 0 Å². The first-order chi connectivity index (χ1) is 22.3. The fourth-order valence-corrected chi connectivity index (χ4v) is 14.7. The first-order valence-corrected chi connectivity index (χ1v) is 20.2. The second-order valence-corrected chi connectivity index (χ2v) is 20.4. The maximum Gasteiger partial charge on any atom is 0.133 e. The lowest BCUT2D eigenvalue weighted by atomic mass is 9.47. The van der Waals surface area contributed by atoms with Crippen LogP contribution < -0.4 is 0 Å². The third-order valence-corrected chi connectivity index (χ3v) is 17.6. The van der Waals surface area contributed by atoms with Gasteiger partial charge in [-0.15, -0.1) is 0 Å². The van der Waals surface area contributed by atoms with E-state index >= 15 is 0 Å². The van der Waals surface area contributed by atoms with Crippen molar-refractivity contribution in [2.24, 2.45) is 69.0 Å². The molecule has 0 aromatic rings. The van der Waals surface area contributed by atoms with Crippen LogP contribution in [0.1, 0.15) is 158 Å². The molecule has 0 unspecified atom stereocenters. The molecule has 0 amide bonds. The van der Waals surface area contributed by atoms with E-state index in [9.17, 15) is 19.8 Å². The van der Waals surface area contributed by atoms with Crippen LogP contribution in [0.25, 0.3) is 0 Å². The summed E-state index contributed by atoms with van der Waals surface area (Å²) in [5.41, 5.74) is 3.47. The van der Waals surface area contributed by atoms with E-state index in [2.05, 4.69) is 39.8 Å². The first kappa shape index (κ1) is 35.2. The predicted octanol–water partition coefficient (Wildman–Crippen LogP) is 9.81. The molecule has 0 saturated heterocycles. The minimum absolute atomic E-state index is 0.198. The van der Waals surface area contributed by atoms with Crippen LogP contribution in [0, 0.1) is 69.0 Å². The summed E-state index contributed by atoms with van der Waals surface area (Å²) in [6.07, 6.45) is 23.1. The smallest absolute Gasteiger partial charge is 0.133 e. The van der Waals surface area contributed by atoms with Gasteiger partial charge in [-0.2, -0.15) is 0 Å². The monoisotopic (exact) mass is 661 g/mol. The van der Waals surface area contributed by atoms with E-state index in [0.29, 0.717) is 57.9 Å². The van der Waals surface area contributed by atoms with E-state index in [0.717, 1.165) is 64.2 Å². The fraction of sp³-hybridized carbons (Fsp3) is 0.864. The van der Waals surface area contributed by atoms with Gasteiger partial charge in [-0.1, -0.05) is 51.0 Å². The molecule has 4 heteroatoms. The molecular weight excluding hydrogens is 592 g/mol. The highest BCUT2D eigenvalue weighted by molar-refractivity contribution is 5.80. The van der Waals surface area contributed by atoms with Crippen molar-refractivity contribution in [1.82, 2.24) is 0 Å². The lowest BCUT2D eigenvalue weighted by molar-refractivity contribution is -0.125. The van der Waals surface area contributed by atoms with Crippen LogP contribution in [0.15, 0.2) is 23.3 Å². The number of ketones is 2. The summed E-state index contributed by atoms with van der Waals surface area (Å²) in [5.74, 6) is 5.43. The first-order valence-electron chi connectivity index (χ1n) is 20.2. The van der Waals surface area contributed by atoms with Crippen LogP contribution in [0.3, 0.4) is 0 Å². The molecule has 8 aliphatic carbocycles. The second-order valence-electron chi connectivity index (χ2n) is 20.4. The molecule has 0 bridgehead atoms. The third kappa shape index (κ3) is 5.33. The number of carbonyl (C=O) groups is 2. The summed E-state index contributed by atoms with van der Waals surface area (Å²) < 4.78 is 0. The van der Waals surface area contributed by atoms with Gasteiger partial charge >= 0.3 is 0 Å². The Bertz CT molecular complexity index is 1280. The second kappa shape index (κ2) is 11.6. The van der Waals surface area contributed by atoms with Gasteiger partial charge in [-0.3, -0.25) is 9.59 Å². The fourth-order valence-electron chi connectivity index (χ4n) is 14.7. The predicted molar refractivity (Wildman–Crippen MR) is 193 cm³/mol. The van der Waals surface area contributed by atoms with Crippen molar-refractivity contribution in [3.05, 3.63) is 23.3 Å². The van der Waals surface area contributed by atoms with E-state index in [1.165, 1.54) is 38.5 Å². The Morgan fingerprint density at radius 1 is 0.562 bits per heavy atom. The molecule has 14 atom stereocenters. The van der Waals surface area contributed by atoms with Gasteiger partial charge in [0.2, 0.25) is 0 Å². The van der Waals surface area contributed by atoms with Crippen molar-refractivity contribution in [2.45, 2.75) is 169 Å². The lowest BCUT2D eigenvalue weighted by Crippen LogP contribution is -2.51. The van der Waals surface area contributed by atoms with Crippen LogP contribution in [-0.4, -0.2) is 33.0 Å². The molecule has 0 radical (unpaired) electrons. The minimum atomic E-state index is -0.464. The highest BCUT2D eigenvalue weighted by Crippen LogP contribution is 2.67. The lowest BCUT2D eigenvalue weighted by Gasteiger charge is -2.58. The van der Waals surface area contributed by atoms with Crippen molar-refractivity contribution in [1.29, 1.82) is 0 Å². The van der Waals surface area contributed by atoms with Crippen molar-refractivity contribution in [3.8, 4) is 0 Å². The Balaban J connectivity index is 0.000000152. The van der Waals surface area contributed by atoms with Crippen molar-refractivity contribution >= 4 is 11.6 Å². The molecule has 8 aliphatic rings. The SMILES string of the molecule is CC(=O)[C@H]1CC[C@H]2[C@@H]3CC[C@@H]4C[C@](C)(O)CC[C@]4(C)C3=CC[C@]12C.CC(=O)[C@H]1CC[C@H]2[C@@H]3CC[C@H]4C[C@](C)(O)CC[C@]4(C)C3=CC[C@]12C. The summed E-state index contributed by atoms with van der Waals surface area (Å²) in [7, 11) is 0. The van der Waals surface area contributed by atoms with Crippen LogP contribution in [0.4, 0.5) is 0 Å². The van der Waals surface area contributed by atoms with Gasteiger partial charge < -0.3 is 10.2 Å². The maximum atomic E-state index is 12.2. The largest absolute Gasteiger partial charge is 0.390 e. The summed E-state index contributed by atoms with van der Waals surface area (Å²) in [6, 6.07) is 0. The molecule has 0 aliphatic heterocycles. The molecule has 0 aromatic heterocycles. The quantitative estimate of drug-likeness (QED) is 0.289. The van der Waals surface area contributed by atoms with E-state index in [1.807, 2.05) is 13.8 Å². The highest BCUT2D eigenvalue weighted by Gasteiger charge is 2.60. The van der Waals surface area contributed by atoms with Gasteiger partial charge in [0.05, 0.1) is 11.2 Å². The number of hydrogen-bond donors (Lipinski definition) is 2. The molecule has 0 heterocycles. The molecule has 8 rings (SSSR count). The number of hydrogen-bond acceptors (Lipinski definition) is 4. The van der Waals surface area contributed by atoms with E-state index in [4.69, 9.17) is 0 Å². The summed E-state index contributed by atoms with van der Waals surface area (Å²) in [4.78, 5) is 24.4. The molecule has 48 heavy (non-hydrogen) atoms. The zero-order chi connectivity index (χ0) is 34.7. The Morgan fingerprint density at radius 2 is 0.938 bits per heavy atom. The number of Topliss-reactive ketones (excluding diaryl/α,β-unsaturated/α-hetero) is 2. The van der Waals surface area contributed by atoms with Crippen LogP contribution in [0.5, 0.6) is 0 Å². The maximum absolute atomic E-state index is 12.2. The zero-order valence-electron chi connectivity index (χ0n) is 31.8. The van der Waals surface area contributed by atoms with Gasteiger partial charge in [0.25, 0.3) is 0 Å². The Labute approximate surface area is 292 Å². The van der Waals surface area contributed by atoms with Gasteiger partial charge in [0, 0.05) is 11.8 Å². The molecule has 4 nitrogen and oxygen atoms in total. The van der Waals surface area contributed by atoms with Crippen LogP contribution in [-0.2, 0) is 9.59 Å². The topological polar surface area (TPSA) is 74.6 Å². The number of carbonyl (C=O) groups excluding carboxylic acids is 2. The number of rotatable bonds is 2. The Kier molecular flexibility index (Phi) is 8.52. The zero-order valence-corrected chi connectivity index (χ0v) is 31.8. The normalized spacial score (nSPS) is 53.6. The molecule has 0 aromatic carbocycles. The molecule has 6 saturated carbocycles. The van der Waals surface area contributed by atoms with Crippen molar-refractivity contribution in [2.75, 3.05) is 0 Å².